The summed E-state index contributed by atoms with van der Waals surface area (Å²) in [5, 5.41) is 3.57. The Balaban J connectivity index is 1.54. The van der Waals surface area contributed by atoms with E-state index in [0.29, 0.717) is 6.10 Å². The molecule has 1 unspecified atom stereocenters. The molecule has 1 heterocycles. The Hall–Kier alpha value is -1.06. The molecular weight excluding hydrogens is 250 g/mol. The number of hydrogen-bond acceptors (Lipinski definition) is 3. The van der Waals surface area contributed by atoms with E-state index in [4.69, 9.17) is 9.47 Å². The largest absolute Gasteiger partial charge is 0.493 e. The van der Waals surface area contributed by atoms with Crippen molar-refractivity contribution in [1.29, 1.82) is 0 Å². The molecule has 1 aliphatic carbocycles. The van der Waals surface area contributed by atoms with Gasteiger partial charge in [0.15, 0.2) is 0 Å². The van der Waals surface area contributed by atoms with Crippen LogP contribution in [0.15, 0.2) is 18.2 Å². The highest BCUT2D eigenvalue weighted by atomic mass is 16.5. The summed E-state index contributed by atoms with van der Waals surface area (Å²) in [6.45, 7) is 4.72. The predicted octanol–water partition coefficient (Wildman–Crippen LogP) is 3.19. The number of ether oxygens (including phenoxy) is 2. The van der Waals surface area contributed by atoms with Crippen molar-refractivity contribution in [2.45, 2.75) is 57.7 Å². The third-order valence-corrected chi connectivity index (χ3v) is 4.16. The Kier molecular flexibility index (Phi) is 4.58. The van der Waals surface area contributed by atoms with E-state index in [1.807, 2.05) is 0 Å². The minimum atomic E-state index is 0.409. The lowest BCUT2D eigenvalue weighted by molar-refractivity contribution is 0.0901. The molecule has 0 radical (unpaired) electrons. The van der Waals surface area contributed by atoms with E-state index < -0.39 is 0 Å². The normalized spacial score (nSPS) is 22.1. The zero-order valence-corrected chi connectivity index (χ0v) is 12.4. The van der Waals surface area contributed by atoms with Crippen molar-refractivity contribution < 1.29 is 9.47 Å². The van der Waals surface area contributed by atoms with Gasteiger partial charge in [0.2, 0.25) is 0 Å². The summed E-state index contributed by atoms with van der Waals surface area (Å²) in [6.07, 6.45) is 6.44. The lowest BCUT2D eigenvalue weighted by Gasteiger charge is -2.16. The van der Waals surface area contributed by atoms with Gasteiger partial charge >= 0.3 is 0 Å². The molecular formula is C17H25NO2. The molecule has 20 heavy (non-hydrogen) atoms. The van der Waals surface area contributed by atoms with Gasteiger partial charge in [0, 0.05) is 31.2 Å². The van der Waals surface area contributed by atoms with Crippen LogP contribution in [0.4, 0.5) is 0 Å². The van der Waals surface area contributed by atoms with E-state index in [2.05, 4.69) is 30.4 Å². The lowest BCUT2D eigenvalue weighted by atomic mass is 10.1. The summed E-state index contributed by atoms with van der Waals surface area (Å²) in [5.74, 6) is 1.07. The maximum absolute atomic E-state index is 6.06. The van der Waals surface area contributed by atoms with Gasteiger partial charge in [-0.1, -0.05) is 18.2 Å². The SMILES string of the molecule is Cc1cccc(CNC2CC2)c1OCCC1CCCO1. The molecule has 0 bridgehead atoms. The van der Waals surface area contributed by atoms with Crippen LogP contribution in [0.2, 0.25) is 0 Å². The summed E-state index contributed by atoms with van der Waals surface area (Å²) in [4.78, 5) is 0. The number of hydrogen-bond donors (Lipinski definition) is 1. The molecule has 3 heteroatoms. The van der Waals surface area contributed by atoms with Crippen LogP contribution in [-0.2, 0) is 11.3 Å². The van der Waals surface area contributed by atoms with Gasteiger partial charge in [-0.25, -0.2) is 0 Å². The van der Waals surface area contributed by atoms with Crippen molar-refractivity contribution in [3.05, 3.63) is 29.3 Å². The highest BCUT2D eigenvalue weighted by molar-refractivity contribution is 5.40. The summed E-state index contributed by atoms with van der Waals surface area (Å²) < 4.78 is 11.7. The molecule has 1 N–H and O–H groups in total. The standard InChI is InChI=1S/C17H25NO2/c1-13-4-2-5-14(12-18-15-7-8-15)17(13)20-11-9-16-6-3-10-19-16/h2,4-5,15-16,18H,3,6-12H2,1H3. The fraction of sp³-hybridized carbons (Fsp3) is 0.647. The second-order valence-corrected chi connectivity index (χ2v) is 5.99. The Morgan fingerprint density at radius 1 is 1.30 bits per heavy atom. The maximum Gasteiger partial charge on any atom is 0.126 e. The first-order valence-electron chi connectivity index (χ1n) is 7.89. The Bertz CT molecular complexity index is 437. The number of rotatable bonds is 7. The zero-order chi connectivity index (χ0) is 13.8. The lowest BCUT2D eigenvalue weighted by Crippen LogP contribution is -2.17. The smallest absolute Gasteiger partial charge is 0.126 e. The number of benzene rings is 1. The molecule has 1 aromatic carbocycles. The van der Waals surface area contributed by atoms with Gasteiger partial charge < -0.3 is 14.8 Å². The summed E-state index contributed by atoms with van der Waals surface area (Å²) in [5.41, 5.74) is 2.51. The van der Waals surface area contributed by atoms with Crippen molar-refractivity contribution in [3.63, 3.8) is 0 Å². The van der Waals surface area contributed by atoms with E-state index in [-0.39, 0.29) is 0 Å². The van der Waals surface area contributed by atoms with E-state index in [1.54, 1.807) is 0 Å². The summed E-state index contributed by atoms with van der Waals surface area (Å²) >= 11 is 0. The third-order valence-electron chi connectivity index (χ3n) is 4.16. The van der Waals surface area contributed by atoms with E-state index in [1.165, 1.54) is 36.8 Å². The third kappa shape index (κ3) is 3.74. The topological polar surface area (TPSA) is 30.5 Å². The fourth-order valence-electron chi connectivity index (χ4n) is 2.77. The first kappa shape index (κ1) is 13.9. The molecule has 3 rings (SSSR count). The fourth-order valence-corrected chi connectivity index (χ4v) is 2.77. The molecule has 2 aliphatic rings. The molecule has 0 aromatic heterocycles. The average molecular weight is 275 g/mol. The van der Waals surface area contributed by atoms with Gasteiger partial charge in [-0.2, -0.15) is 0 Å². The molecule has 1 atom stereocenters. The first-order valence-corrected chi connectivity index (χ1v) is 7.89. The average Bonchev–Trinajstić information content (AvgIpc) is 3.14. The van der Waals surface area contributed by atoms with Gasteiger partial charge in [0.1, 0.15) is 5.75 Å². The number of aryl methyl sites for hydroxylation is 1. The van der Waals surface area contributed by atoms with Crippen LogP contribution in [0.5, 0.6) is 5.75 Å². The highest BCUT2D eigenvalue weighted by Crippen LogP contribution is 2.26. The van der Waals surface area contributed by atoms with Crippen LogP contribution in [0.25, 0.3) is 0 Å². The summed E-state index contributed by atoms with van der Waals surface area (Å²) in [6, 6.07) is 7.15. The number of para-hydroxylation sites is 1. The van der Waals surface area contributed by atoms with Crippen LogP contribution < -0.4 is 10.1 Å². The van der Waals surface area contributed by atoms with Gasteiger partial charge in [0.05, 0.1) is 12.7 Å². The van der Waals surface area contributed by atoms with Crippen molar-refractivity contribution in [3.8, 4) is 5.75 Å². The summed E-state index contributed by atoms with van der Waals surface area (Å²) in [7, 11) is 0. The Morgan fingerprint density at radius 2 is 2.20 bits per heavy atom. The van der Waals surface area contributed by atoms with Crippen LogP contribution in [0, 0.1) is 6.92 Å². The molecule has 1 saturated heterocycles. The van der Waals surface area contributed by atoms with Gasteiger partial charge in [0.25, 0.3) is 0 Å². The predicted molar refractivity (Wildman–Crippen MR) is 80.1 cm³/mol. The first-order chi connectivity index (χ1) is 9.83. The van der Waals surface area contributed by atoms with E-state index in [0.717, 1.165) is 38.0 Å². The number of nitrogens with one attached hydrogen (secondary N) is 1. The molecule has 1 aromatic rings. The van der Waals surface area contributed by atoms with E-state index >= 15 is 0 Å². The van der Waals surface area contributed by atoms with Crippen molar-refractivity contribution in [2.24, 2.45) is 0 Å². The Morgan fingerprint density at radius 3 is 2.95 bits per heavy atom. The van der Waals surface area contributed by atoms with Crippen LogP contribution in [-0.4, -0.2) is 25.4 Å². The van der Waals surface area contributed by atoms with Crippen molar-refractivity contribution in [1.82, 2.24) is 5.32 Å². The van der Waals surface area contributed by atoms with Crippen LogP contribution in [0.1, 0.15) is 43.2 Å². The van der Waals surface area contributed by atoms with Crippen LogP contribution in [0.3, 0.4) is 0 Å². The molecule has 110 valence electrons. The monoisotopic (exact) mass is 275 g/mol. The van der Waals surface area contributed by atoms with Crippen molar-refractivity contribution >= 4 is 0 Å². The highest BCUT2D eigenvalue weighted by Gasteiger charge is 2.21. The van der Waals surface area contributed by atoms with Gasteiger partial charge in [-0.05, 0) is 38.2 Å². The Labute approximate surface area is 121 Å². The minimum Gasteiger partial charge on any atom is -0.493 e. The molecule has 0 spiro atoms. The maximum atomic E-state index is 6.06. The second kappa shape index (κ2) is 6.59. The minimum absolute atomic E-state index is 0.409. The van der Waals surface area contributed by atoms with Crippen molar-refractivity contribution in [2.75, 3.05) is 13.2 Å². The second-order valence-electron chi connectivity index (χ2n) is 5.99. The molecule has 1 aliphatic heterocycles. The van der Waals surface area contributed by atoms with Gasteiger partial charge in [-0.15, -0.1) is 0 Å². The van der Waals surface area contributed by atoms with E-state index in [9.17, 15) is 0 Å². The quantitative estimate of drug-likeness (QED) is 0.829. The molecule has 1 saturated carbocycles. The molecule has 3 nitrogen and oxygen atoms in total. The van der Waals surface area contributed by atoms with Gasteiger partial charge in [-0.3, -0.25) is 0 Å². The molecule has 0 amide bonds. The van der Waals surface area contributed by atoms with Crippen LogP contribution >= 0.6 is 0 Å². The molecule has 2 fully saturated rings. The zero-order valence-electron chi connectivity index (χ0n) is 12.4.